The van der Waals surface area contributed by atoms with Gasteiger partial charge in [0, 0.05) is 79.8 Å². The molecule has 6 aliphatic rings. The van der Waals surface area contributed by atoms with Crippen LogP contribution in [0.5, 0.6) is 0 Å². The molecule has 2 aromatic carbocycles. The van der Waals surface area contributed by atoms with Gasteiger partial charge in [0.2, 0.25) is 11.8 Å². The number of imidazole rings is 1. The number of aromatic nitrogens is 2. The van der Waals surface area contributed by atoms with Crippen LogP contribution in [0.3, 0.4) is 0 Å². The molecule has 119 heavy (non-hydrogen) atoms. The molecule has 702 valence electrons. The van der Waals surface area contributed by atoms with E-state index in [-0.39, 0.29) is 35.5 Å². The van der Waals surface area contributed by atoms with E-state index in [1.165, 1.54) is 128 Å². The Morgan fingerprint density at radius 1 is 0.496 bits per heavy atom. The van der Waals surface area contributed by atoms with E-state index in [0.29, 0.717) is 35.4 Å². The summed E-state index contributed by atoms with van der Waals surface area (Å²) in [6.07, 6.45) is 34.1. The quantitative estimate of drug-likeness (QED) is 0.113. The van der Waals surface area contributed by atoms with Crippen LogP contribution in [0, 0.1) is 112 Å². The normalized spacial score (nSPS) is 14.8. The number of Topliss-reactive ketones (excluding diaryl/α,β-unsaturated/α-hetero) is 2. The van der Waals surface area contributed by atoms with Crippen LogP contribution in [-0.4, -0.2) is 89.0 Å². The van der Waals surface area contributed by atoms with E-state index in [1.54, 1.807) is 25.8 Å². The molecule has 10 heteroatoms. The second kappa shape index (κ2) is 79.5. The molecule has 0 bridgehead atoms. The number of allylic oxidation sites excluding steroid dienone is 2. The Morgan fingerprint density at radius 3 is 1.08 bits per heavy atom. The maximum Gasteiger partial charge on any atom is 0.229 e. The van der Waals surface area contributed by atoms with Crippen molar-refractivity contribution >= 4 is 29.1 Å². The van der Waals surface area contributed by atoms with Crippen molar-refractivity contribution in [3.8, 4) is 0 Å². The summed E-state index contributed by atoms with van der Waals surface area (Å²) in [6.45, 7) is 87.2. The SMILES string of the molecule is CC(C)C.CC(C)C(=O)C1=CCC1.CC(C)C(=O)N(C)c1ccccc1.CC(C)C(C)C.CC(C)C(C)C(=O)C1CCCCC1.CC(C)C(N)=O.CC(C)C1CC1.CC(C)C1CCCC1.CC(C)CC(C)C.CC(C)CC1CC1.CC(C)Cc1ccccc1.CC(C)N(C)C.CC(C)N1CCC1.CC(C)c1nccn1C.CCC.CCC(C)C. The summed E-state index contributed by atoms with van der Waals surface area (Å²) < 4.78 is 2.05. The van der Waals surface area contributed by atoms with Crippen LogP contribution in [0.4, 0.5) is 5.69 Å². The van der Waals surface area contributed by atoms with Gasteiger partial charge in [-0.3, -0.25) is 19.2 Å². The molecule has 5 aliphatic carbocycles. The van der Waals surface area contributed by atoms with E-state index in [2.05, 4.69) is 288 Å². The first-order chi connectivity index (χ1) is 55.1. The minimum atomic E-state index is -0.241. The molecule has 2 amide bonds. The summed E-state index contributed by atoms with van der Waals surface area (Å²) in [4.78, 5) is 55.0. The van der Waals surface area contributed by atoms with Crippen molar-refractivity contribution in [2.45, 2.75) is 423 Å². The summed E-state index contributed by atoms with van der Waals surface area (Å²) in [5, 5.41) is 0. The van der Waals surface area contributed by atoms with Gasteiger partial charge >= 0.3 is 0 Å². The van der Waals surface area contributed by atoms with Gasteiger partial charge in [-0.05, 0) is 225 Å². The number of para-hydroxylation sites is 1. The predicted molar refractivity (Wildman–Crippen MR) is 536 cm³/mol. The fourth-order valence-electron chi connectivity index (χ4n) is 11.4. The topological polar surface area (TPSA) is 122 Å². The zero-order valence-corrected chi connectivity index (χ0v) is 87.9. The Bertz CT molecular complexity index is 2670. The molecule has 3 aromatic rings. The van der Waals surface area contributed by atoms with Crippen LogP contribution >= 0.6 is 0 Å². The van der Waals surface area contributed by atoms with Gasteiger partial charge in [0.05, 0.1) is 0 Å². The van der Waals surface area contributed by atoms with Gasteiger partial charge in [0.1, 0.15) is 11.6 Å². The third kappa shape index (κ3) is 85.5. The first kappa shape index (κ1) is 128. The van der Waals surface area contributed by atoms with Crippen LogP contribution in [0.25, 0.3) is 0 Å². The average Bonchev–Trinajstić information content (AvgIpc) is 1.88. The highest BCUT2D eigenvalue weighted by Gasteiger charge is 2.28. The van der Waals surface area contributed by atoms with Crippen LogP contribution in [0.1, 0.15) is 416 Å². The molecule has 1 aromatic heterocycles. The molecular weight excluding hydrogens is 1460 g/mol. The van der Waals surface area contributed by atoms with Gasteiger partial charge in [-0.15, -0.1) is 0 Å². The number of ketones is 2. The van der Waals surface area contributed by atoms with Crippen molar-refractivity contribution in [3.63, 3.8) is 0 Å². The predicted octanol–water partition coefficient (Wildman–Crippen LogP) is 31.7. The summed E-state index contributed by atoms with van der Waals surface area (Å²) in [5.74, 6) is 15.9. The molecule has 2 heterocycles. The maximum absolute atomic E-state index is 11.9. The molecule has 4 saturated carbocycles. The van der Waals surface area contributed by atoms with E-state index in [4.69, 9.17) is 5.73 Å². The van der Waals surface area contributed by atoms with Crippen LogP contribution in [0.2, 0.25) is 0 Å². The van der Waals surface area contributed by atoms with E-state index in [9.17, 15) is 19.2 Å². The molecule has 10 nitrogen and oxygen atoms in total. The molecule has 9 rings (SSSR count). The Labute approximate surface area is 746 Å². The summed E-state index contributed by atoms with van der Waals surface area (Å²) in [7, 11) is 7.97. The van der Waals surface area contributed by atoms with Crippen molar-refractivity contribution in [2.75, 3.05) is 39.1 Å². The molecule has 1 atom stereocenters. The van der Waals surface area contributed by atoms with Gasteiger partial charge in [-0.25, -0.2) is 4.98 Å². The number of nitrogens with zero attached hydrogens (tertiary/aromatic N) is 5. The zero-order chi connectivity index (χ0) is 93.8. The second-order valence-electron chi connectivity index (χ2n) is 41.4. The maximum atomic E-state index is 11.9. The number of carbonyl (C=O) groups excluding carboxylic acids is 4. The molecule has 1 aliphatic heterocycles. The molecule has 1 saturated heterocycles. The van der Waals surface area contributed by atoms with E-state index >= 15 is 0 Å². The number of likely N-dealkylation sites (tertiary alicyclic amines) is 1. The monoisotopic (exact) mass is 1670 g/mol. The Balaban J connectivity index is -0.000000227. The lowest BCUT2D eigenvalue weighted by Crippen LogP contribution is -2.41. The highest BCUT2D eigenvalue weighted by Crippen LogP contribution is 2.36. The first-order valence-electron chi connectivity index (χ1n) is 48.9. The number of hydrogen-bond donors (Lipinski definition) is 1. The molecule has 2 N–H and O–H groups in total. The third-order valence-corrected chi connectivity index (χ3v) is 21.7. The van der Waals surface area contributed by atoms with Crippen molar-refractivity contribution in [3.05, 3.63) is 96.1 Å². The third-order valence-electron chi connectivity index (χ3n) is 21.7. The molecular formula is C109H212N6O4. The fourth-order valence-corrected chi connectivity index (χ4v) is 11.4. The lowest BCUT2D eigenvalue weighted by molar-refractivity contribution is -0.128. The number of anilines is 1. The number of rotatable bonds is 21. The number of carbonyl (C=O) groups is 4. The highest BCUT2D eigenvalue weighted by atomic mass is 16.2. The Kier molecular flexibility index (Phi) is 85.3. The molecule has 0 radical (unpaired) electrons. The van der Waals surface area contributed by atoms with Crippen molar-refractivity contribution in [2.24, 2.45) is 125 Å². The summed E-state index contributed by atoms with van der Waals surface area (Å²) in [5.41, 5.74) is 8.23. The van der Waals surface area contributed by atoms with Crippen LogP contribution in [-0.2, 0) is 32.6 Å². The number of amides is 2. The fraction of sp³-hybridized carbons (Fsp3) is 0.807. The smallest absolute Gasteiger partial charge is 0.229 e. The van der Waals surface area contributed by atoms with Crippen molar-refractivity contribution in [1.82, 2.24) is 19.4 Å². The van der Waals surface area contributed by atoms with Gasteiger partial charge in [-0.1, -0.05) is 368 Å². The average molecular weight is 1670 g/mol. The van der Waals surface area contributed by atoms with Gasteiger partial charge in [0.15, 0.2) is 5.78 Å². The van der Waals surface area contributed by atoms with E-state index < -0.39 is 0 Å². The number of primary amides is 1. The van der Waals surface area contributed by atoms with Crippen LogP contribution in [0.15, 0.2) is 84.7 Å². The minimum Gasteiger partial charge on any atom is -0.369 e. The number of benzene rings is 2. The first-order valence-corrected chi connectivity index (χ1v) is 48.9. The van der Waals surface area contributed by atoms with Gasteiger partial charge in [0.25, 0.3) is 0 Å². The van der Waals surface area contributed by atoms with Gasteiger partial charge in [-0.2, -0.15) is 0 Å². The zero-order valence-electron chi connectivity index (χ0n) is 87.9. The number of nitrogens with two attached hydrogens (primary N) is 1. The Hall–Kier alpha value is -4.41. The second-order valence-corrected chi connectivity index (χ2v) is 41.4. The van der Waals surface area contributed by atoms with Crippen molar-refractivity contribution in [1.29, 1.82) is 0 Å². The number of aryl methyl sites for hydroxylation is 1. The molecule has 0 spiro atoms. The highest BCUT2D eigenvalue weighted by molar-refractivity contribution is 5.97. The van der Waals surface area contributed by atoms with Crippen molar-refractivity contribution < 1.29 is 19.2 Å². The van der Waals surface area contributed by atoms with Crippen LogP contribution < -0.4 is 10.6 Å². The Morgan fingerprint density at radius 2 is 0.891 bits per heavy atom. The molecule has 1 unspecified atom stereocenters. The summed E-state index contributed by atoms with van der Waals surface area (Å²) >= 11 is 0. The lowest BCUT2D eigenvalue weighted by atomic mass is 9.79. The minimum absolute atomic E-state index is 0.00926. The standard InChI is InChI=1S/C12H22O.C11H15NO.C10H14.C8H12O.C8H16.C7H12N2.C7H14.C7H16.C6H13N.C6H12.C6H14.C5H13N.C5H12.C4H9NO.C4H10.C3H8/c1-9(2)10(3)12(13)11-7-5-4-6-8-11;1-9(2)11(13)12(3)10-7-5-4-6-8-10;1-9(2)8-10-6-4-3-5-7-10;1-6(2)8(9)7-4-3-5-7;1-7(2)8-5-3-4-6-8;1-6(2)7-8-4-5-9(7)3;1-6(2)5-7-3-4-7;1-6(2)5-7(3)4;1-6(2)7-4-3-5-7;1-5(2)6-3-4-6;2*1-5(2)6(3)4;1-4-5(2)3;1-3(2)4(5)6;1-4(2)3;1-3-2/h9-11H,4-8H2,1-3H3;4-9H,1-3H3;3-7,9H,8H2,1-2H3;4,6H,3,5H2,1-2H3;7-8H,3-6H2,1-2H3;4-6H,1-3H3;6-7H,3-5H2,1-2H3;6-7H,5H2,1-4H3;6H,3-5H2,1-2H3;5-6H,3-4H2,1-2H3;5-6H,1-4H3;5H,1-4H3;5H,4H2,1-3H3;3H,1-2H3,(H2,5,6);4H,1-3H3;3H2,1-2H3. The number of hydrogen-bond acceptors (Lipinski definition) is 7. The lowest BCUT2D eigenvalue weighted by Gasteiger charge is -2.34. The van der Waals surface area contributed by atoms with E-state index in [0.717, 1.165) is 126 Å². The largest absolute Gasteiger partial charge is 0.369 e. The molecule has 5 fully saturated rings. The van der Waals surface area contributed by atoms with E-state index in [1.807, 2.05) is 88.1 Å². The van der Waals surface area contributed by atoms with Gasteiger partial charge < -0.3 is 25.0 Å². The summed E-state index contributed by atoms with van der Waals surface area (Å²) in [6, 6.07) is 21.7.